The summed E-state index contributed by atoms with van der Waals surface area (Å²) in [6.07, 6.45) is 0. The van der Waals surface area contributed by atoms with Crippen LogP contribution in [0.25, 0.3) is 21.5 Å². The Kier molecular flexibility index (Phi) is 3.68. The molecule has 5 rings (SSSR count). The first-order valence-electron chi connectivity index (χ1n) is 10.5. The smallest absolute Gasteiger partial charge is 0.0459 e. The van der Waals surface area contributed by atoms with E-state index in [9.17, 15) is 0 Å². The van der Waals surface area contributed by atoms with Crippen LogP contribution in [0.15, 0.2) is 66.7 Å². The van der Waals surface area contributed by atoms with Crippen molar-refractivity contribution in [1.82, 2.24) is 0 Å². The molecule has 4 aromatic rings. The molecule has 0 aliphatic carbocycles. The standard InChI is InChI=1S/C28H29N/c1-27(2,3)22-17-24-26(21-14-10-9-13-20(21)22)28(4,5)25-19-12-8-7-11-18(19)15-16-23(25)29(24)6/h7-17H,1-6H3. The SMILES string of the molecule is CN1c2ccc3ccccc3c2C(C)(C)c2c1cc(C(C)(C)C)c1ccccc21. The number of anilines is 2. The number of rotatable bonds is 0. The Labute approximate surface area is 174 Å². The van der Waals surface area contributed by atoms with Crippen molar-refractivity contribution in [3.63, 3.8) is 0 Å². The largest absolute Gasteiger partial charge is 0.344 e. The van der Waals surface area contributed by atoms with Crippen molar-refractivity contribution in [1.29, 1.82) is 0 Å². The van der Waals surface area contributed by atoms with Gasteiger partial charge in [0, 0.05) is 23.8 Å². The predicted molar refractivity (Wildman–Crippen MR) is 127 cm³/mol. The summed E-state index contributed by atoms with van der Waals surface area (Å²) >= 11 is 0. The first-order valence-corrected chi connectivity index (χ1v) is 10.5. The quantitative estimate of drug-likeness (QED) is 0.302. The molecular weight excluding hydrogens is 350 g/mol. The van der Waals surface area contributed by atoms with E-state index < -0.39 is 0 Å². The first kappa shape index (κ1) is 18.2. The van der Waals surface area contributed by atoms with Crippen molar-refractivity contribution in [2.75, 3.05) is 11.9 Å². The lowest BCUT2D eigenvalue weighted by Crippen LogP contribution is -2.32. The molecule has 1 heteroatoms. The summed E-state index contributed by atoms with van der Waals surface area (Å²) in [7, 11) is 2.23. The molecule has 0 aromatic heterocycles. The average Bonchev–Trinajstić information content (AvgIpc) is 2.69. The van der Waals surface area contributed by atoms with Gasteiger partial charge < -0.3 is 4.90 Å². The molecule has 0 spiro atoms. The highest BCUT2D eigenvalue weighted by Gasteiger charge is 2.39. The Bertz CT molecular complexity index is 1270. The molecule has 1 nitrogen and oxygen atoms in total. The average molecular weight is 380 g/mol. The van der Waals surface area contributed by atoms with Crippen LogP contribution in [0.2, 0.25) is 0 Å². The van der Waals surface area contributed by atoms with Gasteiger partial charge >= 0.3 is 0 Å². The zero-order valence-corrected chi connectivity index (χ0v) is 18.3. The molecule has 0 saturated heterocycles. The van der Waals surface area contributed by atoms with Crippen molar-refractivity contribution in [2.45, 2.75) is 45.4 Å². The molecule has 146 valence electrons. The summed E-state index contributed by atoms with van der Waals surface area (Å²) in [5.74, 6) is 0. The summed E-state index contributed by atoms with van der Waals surface area (Å²) in [5.41, 5.74) is 6.93. The number of benzene rings is 4. The van der Waals surface area contributed by atoms with Crippen LogP contribution < -0.4 is 4.90 Å². The predicted octanol–water partition coefficient (Wildman–Crippen LogP) is 7.70. The Morgan fingerprint density at radius 3 is 1.97 bits per heavy atom. The van der Waals surface area contributed by atoms with E-state index in [4.69, 9.17) is 0 Å². The Balaban J connectivity index is 1.95. The van der Waals surface area contributed by atoms with E-state index in [1.165, 1.54) is 49.6 Å². The van der Waals surface area contributed by atoms with Gasteiger partial charge in [-0.2, -0.15) is 0 Å². The number of fused-ring (bicyclic) bond motifs is 6. The second-order valence-electron chi connectivity index (χ2n) is 9.98. The van der Waals surface area contributed by atoms with Gasteiger partial charge in [-0.1, -0.05) is 89.2 Å². The zero-order valence-electron chi connectivity index (χ0n) is 18.3. The second kappa shape index (κ2) is 5.86. The molecule has 1 aliphatic heterocycles. The lowest BCUT2D eigenvalue weighted by Gasteiger charge is -2.43. The summed E-state index contributed by atoms with van der Waals surface area (Å²) in [6, 6.07) is 24.8. The van der Waals surface area contributed by atoms with Gasteiger partial charge in [-0.25, -0.2) is 0 Å². The van der Waals surface area contributed by atoms with Crippen molar-refractivity contribution in [2.24, 2.45) is 0 Å². The summed E-state index contributed by atoms with van der Waals surface area (Å²) < 4.78 is 0. The van der Waals surface area contributed by atoms with Gasteiger partial charge in [0.15, 0.2) is 0 Å². The van der Waals surface area contributed by atoms with Crippen LogP contribution in [0.4, 0.5) is 11.4 Å². The minimum Gasteiger partial charge on any atom is -0.344 e. The number of nitrogens with zero attached hydrogens (tertiary/aromatic N) is 1. The molecule has 1 aliphatic rings. The van der Waals surface area contributed by atoms with Gasteiger partial charge in [0.25, 0.3) is 0 Å². The molecule has 0 atom stereocenters. The molecule has 0 saturated carbocycles. The lowest BCUT2D eigenvalue weighted by molar-refractivity contribution is 0.593. The molecular formula is C28H29N. The van der Waals surface area contributed by atoms with Crippen molar-refractivity contribution in [3.8, 4) is 0 Å². The highest BCUT2D eigenvalue weighted by molar-refractivity contribution is 6.02. The zero-order chi connectivity index (χ0) is 20.6. The van der Waals surface area contributed by atoms with Gasteiger partial charge in [0.2, 0.25) is 0 Å². The topological polar surface area (TPSA) is 3.24 Å². The maximum Gasteiger partial charge on any atom is 0.0459 e. The van der Waals surface area contributed by atoms with Crippen LogP contribution in [-0.4, -0.2) is 7.05 Å². The molecule has 4 aromatic carbocycles. The second-order valence-corrected chi connectivity index (χ2v) is 9.98. The Morgan fingerprint density at radius 2 is 1.28 bits per heavy atom. The maximum absolute atomic E-state index is 2.44. The van der Waals surface area contributed by atoms with E-state index in [0.717, 1.165) is 0 Å². The van der Waals surface area contributed by atoms with E-state index in [1.54, 1.807) is 0 Å². The van der Waals surface area contributed by atoms with Crippen LogP contribution in [0.5, 0.6) is 0 Å². The highest BCUT2D eigenvalue weighted by Crippen LogP contribution is 2.54. The Morgan fingerprint density at radius 1 is 0.690 bits per heavy atom. The van der Waals surface area contributed by atoms with E-state index in [2.05, 4.69) is 113 Å². The van der Waals surface area contributed by atoms with Gasteiger partial charge in [-0.15, -0.1) is 0 Å². The first-order chi connectivity index (χ1) is 13.7. The number of hydrogen-bond acceptors (Lipinski definition) is 1. The normalized spacial score (nSPS) is 15.4. The summed E-state index contributed by atoms with van der Waals surface area (Å²) in [4.78, 5) is 2.41. The molecule has 1 heterocycles. The molecule has 0 bridgehead atoms. The molecule has 0 radical (unpaired) electrons. The Hall–Kier alpha value is -2.80. The fraction of sp³-hybridized carbons (Fsp3) is 0.286. The van der Waals surface area contributed by atoms with E-state index in [-0.39, 0.29) is 10.8 Å². The third-order valence-corrected chi connectivity index (χ3v) is 6.71. The van der Waals surface area contributed by atoms with Crippen molar-refractivity contribution < 1.29 is 0 Å². The van der Waals surface area contributed by atoms with E-state index >= 15 is 0 Å². The molecule has 29 heavy (non-hydrogen) atoms. The third-order valence-electron chi connectivity index (χ3n) is 6.71. The minimum atomic E-state index is -0.0892. The van der Waals surface area contributed by atoms with Gasteiger partial charge in [-0.3, -0.25) is 0 Å². The van der Waals surface area contributed by atoms with Crippen molar-refractivity contribution in [3.05, 3.63) is 83.4 Å². The minimum absolute atomic E-state index is 0.0866. The van der Waals surface area contributed by atoms with Gasteiger partial charge in [-0.05, 0) is 55.8 Å². The van der Waals surface area contributed by atoms with Crippen LogP contribution in [-0.2, 0) is 10.8 Å². The molecule has 0 amide bonds. The van der Waals surface area contributed by atoms with Gasteiger partial charge in [0.1, 0.15) is 0 Å². The monoisotopic (exact) mass is 379 g/mol. The molecule has 0 unspecified atom stereocenters. The van der Waals surface area contributed by atoms with E-state index in [0.29, 0.717) is 0 Å². The molecule has 0 fully saturated rings. The lowest BCUT2D eigenvalue weighted by atomic mass is 9.69. The fourth-order valence-corrected chi connectivity index (χ4v) is 5.35. The summed E-state index contributed by atoms with van der Waals surface area (Å²) in [6.45, 7) is 11.7. The number of hydrogen-bond donors (Lipinski definition) is 0. The summed E-state index contributed by atoms with van der Waals surface area (Å²) in [5, 5.41) is 5.43. The van der Waals surface area contributed by atoms with Crippen LogP contribution in [0.3, 0.4) is 0 Å². The maximum atomic E-state index is 2.44. The van der Waals surface area contributed by atoms with Crippen LogP contribution in [0.1, 0.15) is 51.3 Å². The van der Waals surface area contributed by atoms with Gasteiger partial charge in [0.05, 0.1) is 0 Å². The highest BCUT2D eigenvalue weighted by atomic mass is 15.1. The fourth-order valence-electron chi connectivity index (χ4n) is 5.35. The van der Waals surface area contributed by atoms with Crippen LogP contribution >= 0.6 is 0 Å². The molecule has 0 N–H and O–H groups in total. The van der Waals surface area contributed by atoms with Crippen LogP contribution in [0, 0.1) is 0 Å². The van der Waals surface area contributed by atoms with Crippen molar-refractivity contribution >= 4 is 32.9 Å². The third kappa shape index (κ3) is 2.46. The van der Waals surface area contributed by atoms with E-state index in [1.807, 2.05) is 0 Å².